The van der Waals surface area contributed by atoms with Gasteiger partial charge >= 0.3 is 6.36 Å². The predicted octanol–water partition coefficient (Wildman–Crippen LogP) is 5.75. The van der Waals surface area contributed by atoms with Crippen molar-refractivity contribution in [1.82, 2.24) is 9.88 Å². The highest BCUT2D eigenvalue weighted by Gasteiger charge is 2.34. The van der Waals surface area contributed by atoms with Crippen LogP contribution in [-0.2, 0) is 14.8 Å². The van der Waals surface area contributed by atoms with Gasteiger partial charge in [0.05, 0.1) is 26.0 Å². The number of aryl methyl sites for hydroxylation is 1. The van der Waals surface area contributed by atoms with Crippen LogP contribution in [0.15, 0.2) is 71.8 Å². The molecule has 234 valence electrons. The maximum atomic E-state index is 13.0. The first-order valence-electron chi connectivity index (χ1n) is 13.6. The number of methoxy groups -OCH3 is 1. The second kappa shape index (κ2) is 13.2. The first-order valence-corrected chi connectivity index (χ1v) is 15.1. The highest BCUT2D eigenvalue weighted by atomic mass is 32.2. The second-order valence-electron chi connectivity index (χ2n) is 9.78. The number of ether oxygens (including phenoxy) is 5. The van der Waals surface area contributed by atoms with Crippen LogP contribution in [0.3, 0.4) is 0 Å². The van der Waals surface area contributed by atoms with Crippen molar-refractivity contribution >= 4 is 26.6 Å². The first-order chi connectivity index (χ1) is 21.0. The summed E-state index contributed by atoms with van der Waals surface area (Å²) in [7, 11) is -2.89. The SMILES string of the molecule is COc1c(OCCN2CCOCC2)ccc2c(Oc3ccc(NS(=O)(=O)c4ccccc4OC(F)(F)F)c(C)c3)ccnc12. The van der Waals surface area contributed by atoms with E-state index in [1.54, 1.807) is 31.3 Å². The third kappa shape index (κ3) is 7.44. The normalized spacial score (nSPS) is 14.3. The van der Waals surface area contributed by atoms with Crippen LogP contribution in [0.5, 0.6) is 28.7 Å². The van der Waals surface area contributed by atoms with Crippen molar-refractivity contribution in [1.29, 1.82) is 0 Å². The molecule has 10 nitrogen and oxygen atoms in total. The zero-order valence-corrected chi connectivity index (χ0v) is 24.7. The smallest absolute Gasteiger partial charge is 0.491 e. The van der Waals surface area contributed by atoms with E-state index >= 15 is 0 Å². The maximum absolute atomic E-state index is 13.0. The first kappa shape index (κ1) is 31.2. The summed E-state index contributed by atoms with van der Waals surface area (Å²) >= 11 is 0. The number of benzene rings is 3. The Kier molecular flexibility index (Phi) is 9.32. The lowest BCUT2D eigenvalue weighted by Gasteiger charge is -2.26. The lowest BCUT2D eigenvalue weighted by molar-refractivity contribution is -0.275. The largest absolute Gasteiger partial charge is 0.573 e. The van der Waals surface area contributed by atoms with Gasteiger partial charge in [-0.15, -0.1) is 13.2 Å². The number of fused-ring (bicyclic) bond motifs is 1. The van der Waals surface area contributed by atoms with Crippen LogP contribution >= 0.6 is 0 Å². The van der Waals surface area contributed by atoms with Gasteiger partial charge < -0.3 is 23.7 Å². The molecule has 3 aromatic carbocycles. The Morgan fingerprint density at radius 3 is 2.50 bits per heavy atom. The molecule has 0 unspecified atom stereocenters. The van der Waals surface area contributed by atoms with Crippen LogP contribution in [0.4, 0.5) is 18.9 Å². The fourth-order valence-corrected chi connectivity index (χ4v) is 5.94. The van der Waals surface area contributed by atoms with Crippen LogP contribution in [0.1, 0.15) is 5.56 Å². The second-order valence-corrected chi connectivity index (χ2v) is 11.4. The Labute approximate surface area is 252 Å². The quantitative estimate of drug-likeness (QED) is 0.221. The van der Waals surface area contributed by atoms with Gasteiger partial charge in [0.25, 0.3) is 10.0 Å². The van der Waals surface area contributed by atoms with Gasteiger partial charge in [-0.3, -0.25) is 14.6 Å². The summed E-state index contributed by atoms with van der Waals surface area (Å²) in [5.41, 5.74) is 1.15. The molecular weight excluding hydrogens is 603 g/mol. The number of alkyl halides is 3. The molecule has 1 fully saturated rings. The van der Waals surface area contributed by atoms with Gasteiger partial charge in [0, 0.05) is 31.2 Å². The zero-order chi connectivity index (χ0) is 31.3. The molecule has 5 rings (SSSR count). The van der Waals surface area contributed by atoms with Crippen LogP contribution in [0, 0.1) is 6.92 Å². The summed E-state index contributed by atoms with van der Waals surface area (Å²) in [5, 5.41) is 0.661. The number of anilines is 1. The molecule has 0 radical (unpaired) electrons. The highest BCUT2D eigenvalue weighted by Crippen LogP contribution is 2.39. The third-order valence-corrected chi connectivity index (χ3v) is 8.20. The molecule has 0 spiro atoms. The van der Waals surface area contributed by atoms with Crippen molar-refractivity contribution in [2.45, 2.75) is 18.2 Å². The van der Waals surface area contributed by atoms with Gasteiger partial charge in [-0.2, -0.15) is 0 Å². The van der Waals surface area contributed by atoms with Gasteiger partial charge in [0.1, 0.15) is 34.3 Å². The number of halogens is 3. The summed E-state index contributed by atoms with van der Waals surface area (Å²) in [6.45, 7) is 5.99. The number of nitrogens with zero attached hydrogens (tertiary/aromatic N) is 2. The maximum Gasteiger partial charge on any atom is 0.573 e. The summed E-state index contributed by atoms with van der Waals surface area (Å²) in [5.74, 6) is 1.04. The minimum atomic E-state index is -5.06. The van der Waals surface area contributed by atoms with Crippen LogP contribution in [-0.4, -0.2) is 71.2 Å². The van der Waals surface area contributed by atoms with Crippen molar-refractivity contribution in [2.24, 2.45) is 0 Å². The minimum Gasteiger partial charge on any atom is -0.491 e. The summed E-state index contributed by atoms with van der Waals surface area (Å²) < 4.78 is 93.9. The minimum absolute atomic E-state index is 0.152. The van der Waals surface area contributed by atoms with Crippen molar-refractivity contribution < 1.29 is 45.3 Å². The number of hydrogen-bond acceptors (Lipinski definition) is 9. The van der Waals surface area contributed by atoms with E-state index in [9.17, 15) is 21.6 Å². The fraction of sp³-hybridized carbons (Fsp3) is 0.300. The Morgan fingerprint density at radius 1 is 1.00 bits per heavy atom. The molecule has 0 amide bonds. The summed E-state index contributed by atoms with van der Waals surface area (Å²) in [6.07, 6.45) is -3.48. The van der Waals surface area contributed by atoms with E-state index in [-0.39, 0.29) is 5.69 Å². The van der Waals surface area contributed by atoms with Crippen LogP contribution in [0.25, 0.3) is 10.9 Å². The molecule has 14 heteroatoms. The number of nitrogens with one attached hydrogen (secondary N) is 1. The van der Waals surface area contributed by atoms with E-state index in [2.05, 4.69) is 19.3 Å². The third-order valence-electron chi connectivity index (χ3n) is 6.80. The Bertz CT molecular complexity index is 1730. The van der Waals surface area contributed by atoms with Crippen LogP contribution in [0.2, 0.25) is 0 Å². The Morgan fingerprint density at radius 2 is 1.77 bits per heavy atom. The highest BCUT2D eigenvalue weighted by molar-refractivity contribution is 7.92. The average Bonchev–Trinajstić information content (AvgIpc) is 2.98. The number of morpholine rings is 1. The van der Waals surface area contributed by atoms with Gasteiger partial charge in [0.2, 0.25) is 0 Å². The molecule has 0 aliphatic carbocycles. The van der Waals surface area contributed by atoms with E-state index in [1.165, 1.54) is 31.4 Å². The molecule has 0 bridgehead atoms. The van der Waals surface area contributed by atoms with E-state index in [0.717, 1.165) is 31.8 Å². The van der Waals surface area contributed by atoms with Crippen molar-refractivity contribution in [2.75, 3.05) is 51.3 Å². The van der Waals surface area contributed by atoms with Gasteiger partial charge in [-0.05, 0) is 61.0 Å². The topological polar surface area (TPSA) is 108 Å². The van der Waals surface area contributed by atoms with E-state index in [4.69, 9.17) is 18.9 Å². The van der Waals surface area contributed by atoms with E-state index in [0.29, 0.717) is 59.3 Å². The molecule has 1 aliphatic rings. The molecule has 0 atom stereocenters. The van der Waals surface area contributed by atoms with Crippen molar-refractivity contribution in [3.63, 3.8) is 0 Å². The average molecular weight is 634 g/mol. The Hall–Kier alpha value is -4.27. The number of sulfonamides is 1. The Balaban J connectivity index is 1.32. The number of para-hydroxylation sites is 1. The molecule has 1 saturated heterocycles. The van der Waals surface area contributed by atoms with Gasteiger partial charge in [-0.1, -0.05) is 12.1 Å². The molecule has 0 saturated carbocycles. The molecule has 1 aromatic heterocycles. The van der Waals surface area contributed by atoms with Gasteiger partial charge in [0.15, 0.2) is 11.5 Å². The zero-order valence-electron chi connectivity index (χ0n) is 23.9. The van der Waals surface area contributed by atoms with Gasteiger partial charge in [-0.25, -0.2) is 8.42 Å². The molecule has 1 aliphatic heterocycles. The van der Waals surface area contributed by atoms with Crippen LogP contribution < -0.4 is 23.7 Å². The molecule has 2 heterocycles. The summed E-state index contributed by atoms with van der Waals surface area (Å²) in [6, 6.07) is 14.4. The van der Waals surface area contributed by atoms with Crippen molar-refractivity contribution in [3.8, 4) is 28.7 Å². The number of aromatic nitrogens is 1. The number of rotatable bonds is 11. The molecule has 1 N–H and O–H groups in total. The molecule has 4 aromatic rings. The lowest BCUT2D eigenvalue weighted by Crippen LogP contribution is -2.38. The molecular formula is C30H30F3N3O7S. The monoisotopic (exact) mass is 633 g/mol. The number of hydrogen-bond donors (Lipinski definition) is 1. The molecule has 44 heavy (non-hydrogen) atoms. The van der Waals surface area contributed by atoms with E-state index in [1.807, 2.05) is 6.07 Å². The fourth-order valence-electron chi connectivity index (χ4n) is 4.68. The predicted molar refractivity (Wildman–Crippen MR) is 156 cm³/mol. The standard InChI is InChI=1S/C30H30F3N3O7S/c1-20-19-21(7-9-23(20)35-44(37,38)27-6-4-3-5-25(27)43-30(31,32)33)42-24-11-12-34-28-22(24)8-10-26(29(28)39-2)41-18-15-36-13-16-40-17-14-36/h3-12,19,35H,13-18H2,1-2H3. The number of pyridine rings is 1. The summed E-state index contributed by atoms with van der Waals surface area (Å²) in [4.78, 5) is 6.08. The van der Waals surface area contributed by atoms with E-state index < -0.39 is 27.0 Å². The van der Waals surface area contributed by atoms with Crippen molar-refractivity contribution in [3.05, 3.63) is 72.4 Å². The lowest BCUT2D eigenvalue weighted by atomic mass is 10.1.